The molecule has 1 N–H and O–H groups in total. The molecule has 0 aromatic rings. The summed E-state index contributed by atoms with van der Waals surface area (Å²) < 4.78 is 0. The number of hydrogen-bond acceptors (Lipinski definition) is 2. The molecule has 1 atom stereocenters. The Morgan fingerprint density at radius 3 is 2.38 bits per heavy atom. The molecule has 1 amide bonds. The number of rotatable bonds is 6. The fourth-order valence-electron chi connectivity index (χ4n) is 3.78. The maximum absolute atomic E-state index is 13.0. The minimum absolute atomic E-state index is 0.309. The molecule has 0 aromatic carbocycles. The van der Waals surface area contributed by atoms with Crippen LogP contribution in [-0.4, -0.2) is 36.5 Å². The quantitative estimate of drug-likeness (QED) is 0.809. The second-order valence-electron chi connectivity index (χ2n) is 6.97. The lowest BCUT2D eigenvalue weighted by molar-refractivity contribution is -0.136. The van der Waals surface area contributed by atoms with Gasteiger partial charge in [0.15, 0.2) is 0 Å². The molecule has 0 radical (unpaired) electrons. The first-order chi connectivity index (χ1) is 10.3. The van der Waals surface area contributed by atoms with Crippen molar-refractivity contribution in [2.75, 3.05) is 19.6 Å². The van der Waals surface area contributed by atoms with Crippen molar-refractivity contribution < 1.29 is 4.79 Å². The standard InChI is InChI=1S/C18H34N2O/c1-2-3-14-20(15-17-12-9-13-19-17)18(21)16-10-7-5-4-6-8-11-16/h16-17,19H,2-15H2,1H3. The van der Waals surface area contributed by atoms with Crippen LogP contribution in [-0.2, 0) is 4.79 Å². The smallest absolute Gasteiger partial charge is 0.225 e. The lowest BCUT2D eigenvalue weighted by Gasteiger charge is -2.30. The molecular weight excluding hydrogens is 260 g/mol. The maximum atomic E-state index is 13.0. The van der Waals surface area contributed by atoms with Gasteiger partial charge in [0.05, 0.1) is 0 Å². The number of nitrogens with one attached hydrogen (secondary N) is 1. The van der Waals surface area contributed by atoms with Gasteiger partial charge in [-0.25, -0.2) is 0 Å². The number of amides is 1. The normalized spacial score (nSPS) is 24.5. The molecule has 1 aliphatic heterocycles. The van der Waals surface area contributed by atoms with E-state index in [2.05, 4.69) is 17.1 Å². The van der Waals surface area contributed by atoms with E-state index >= 15 is 0 Å². The highest BCUT2D eigenvalue weighted by atomic mass is 16.2. The van der Waals surface area contributed by atoms with Crippen molar-refractivity contribution in [1.82, 2.24) is 10.2 Å². The van der Waals surface area contributed by atoms with Crippen LogP contribution in [0.1, 0.15) is 77.6 Å². The summed E-state index contributed by atoms with van der Waals surface area (Å²) >= 11 is 0. The third-order valence-corrected chi connectivity index (χ3v) is 5.15. The van der Waals surface area contributed by atoms with Gasteiger partial charge in [0.2, 0.25) is 5.91 Å². The van der Waals surface area contributed by atoms with Gasteiger partial charge in [-0.3, -0.25) is 4.79 Å². The molecule has 1 saturated heterocycles. The van der Waals surface area contributed by atoms with Crippen molar-refractivity contribution in [2.45, 2.75) is 83.6 Å². The van der Waals surface area contributed by atoms with Crippen molar-refractivity contribution >= 4 is 5.91 Å². The highest BCUT2D eigenvalue weighted by Gasteiger charge is 2.27. The number of unbranched alkanes of at least 4 members (excludes halogenated alkanes) is 1. The van der Waals surface area contributed by atoms with Gasteiger partial charge in [-0.2, -0.15) is 0 Å². The summed E-state index contributed by atoms with van der Waals surface area (Å²) in [6.45, 7) is 5.25. The SMILES string of the molecule is CCCCN(CC1CCCN1)C(=O)C1CCCCCCC1. The number of nitrogens with zero attached hydrogens (tertiary/aromatic N) is 1. The number of carbonyl (C=O) groups is 1. The molecule has 1 heterocycles. The molecule has 122 valence electrons. The summed E-state index contributed by atoms with van der Waals surface area (Å²) in [5, 5.41) is 3.55. The number of carbonyl (C=O) groups excluding carboxylic acids is 1. The summed E-state index contributed by atoms with van der Waals surface area (Å²) in [7, 11) is 0. The molecule has 1 unspecified atom stereocenters. The molecular formula is C18H34N2O. The molecule has 3 nitrogen and oxygen atoms in total. The molecule has 0 spiro atoms. The minimum atomic E-state index is 0.309. The van der Waals surface area contributed by atoms with E-state index in [0.717, 1.165) is 38.9 Å². The first-order valence-electron chi connectivity index (χ1n) is 9.33. The summed E-state index contributed by atoms with van der Waals surface area (Å²) in [5.74, 6) is 0.766. The molecule has 0 aromatic heterocycles. The Morgan fingerprint density at radius 2 is 1.76 bits per heavy atom. The molecule has 3 heteroatoms. The van der Waals surface area contributed by atoms with Crippen LogP contribution in [0.15, 0.2) is 0 Å². The Balaban J connectivity index is 1.90. The van der Waals surface area contributed by atoms with Gasteiger partial charge in [-0.1, -0.05) is 45.4 Å². The van der Waals surface area contributed by atoms with E-state index in [1.54, 1.807) is 0 Å². The second kappa shape index (κ2) is 9.45. The van der Waals surface area contributed by atoms with E-state index in [1.807, 2.05) is 0 Å². The first-order valence-corrected chi connectivity index (χ1v) is 9.33. The van der Waals surface area contributed by atoms with Crippen molar-refractivity contribution in [3.63, 3.8) is 0 Å². The average Bonchev–Trinajstić information content (AvgIpc) is 2.95. The van der Waals surface area contributed by atoms with Crippen LogP contribution >= 0.6 is 0 Å². The molecule has 1 aliphatic carbocycles. The van der Waals surface area contributed by atoms with Crippen LogP contribution in [0.5, 0.6) is 0 Å². The minimum Gasteiger partial charge on any atom is -0.341 e. The van der Waals surface area contributed by atoms with Gasteiger partial charge in [0, 0.05) is 25.0 Å². The summed E-state index contributed by atoms with van der Waals surface area (Å²) in [6.07, 6.45) is 13.6. The topological polar surface area (TPSA) is 32.3 Å². The molecule has 0 bridgehead atoms. The van der Waals surface area contributed by atoms with E-state index in [4.69, 9.17) is 0 Å². The zero-order valence-electron chi connectivity index (χ0n) is 13.9. The van der Waals surface area contributed by atoms with Crippen molar-refractivity contribution in [1.29, 1.82) is 0 Å². The highest BCUT2D eigenvalue weighted by molar-refractivity contribution is 5.78. The Kier molecular flexibility index (Phi) is 7.56. The van der Waals surface area contributed by atoms with Crippen molar-refractivity contribution in [3.8, 4) is 0 Å². The molecule has 2 fully saturated rings. The van der Waals surface area contributed by atoms with Gasteiger partial charge in [0.1, 0.15) is 0 Å². The van der Waals surface area contributed by atoms with Crippen LogP contribution in [0, 0.1) is 5.92 Å². The van der Waals surface area contributed by atoms with Gasteiger partial charge in [0.25, 0.3) is 0 Å². The van der Waals surface area contributed by atoms with Crippen LogP contribution in [0.3, 0.4) is 0 Å². The Hall–Kier alpha value is -0.570. The van der Waals surface area contributed by atoms with Crippen LogP contribution in [0.4, 0.5) is 0 Å². The van der Waals surface area contributed by atoms with E-state index in [-0.39, 0.29) is 0 Å². The molecule has 1 saturated carbocycles. The fraction of sp³-hybridized carbons (Fsp3) is 0.944. The summed E-state index contributed by atoms with van der Waals surface area (Å²) in [5.41, 5.74) is 0. The predicted octanol–water partition coefficient (Wildman–Crippen LogP) is 3.73. The summed E-state index contributed by atoms with van der Waals surface area (Å²) in [6, 6.07) is 0.541. The van der Waals surface area contributed by atoms with Gasteiger partial charge in [-0.15, -0.1) is 0 Å². The van der Waals surface area contributed by atoms with Crippen LogP contribution in [0.25, 0.3) is 0 Å². The van der Waals surface area contributed by atoms with E-state index in [0.29, 0.717) is 17.9 Å². The maximum Gasteiger partial charge on any atom is 0.225 e. The highest BCUT2D eigenvalue weighted by Crippen LogP contribution is 2.24. The lowest BCUT2D eigenvalue weighted by atomic mass is 9.90. The van der Waals surface area contributed by atoms with Gasteiger partial charge in [-0.05, 0) is 38.6 Å². The van der Waals surface area contributed by atoms with E-state index < -0.39 is 0 Å². The molecule has 2 rings (SSSR count). The number of hydrogen-bond donors (Lipinski definition) is 1. The molecule has 2 aliphatic rings. The monoisotopic (exact) mass is 294 g/mol. The summed E-state index contributed by atoms with van der Waals surface area (Å²) in [4.78, 5) is 15.1. The lowest BCUT2D eigenvalue weighted by Crippen LogP contribution is -2.44. The first kappa shape index (κ1) is 16.8. The van der Waals surface area contributed by atoms with E-state index in [9.17, 15) is 4.79 Å². The predicted molar refractivity (Wildman–Crippen MR) is 88.3 cm³/mol. The van der Waals surface area contributed by atoms with Crippen molar-refractivity contribution in [3.05, 3.63) is 0 Å². The third kappa shape index (κ3) is 5.61. The second-order valence-corrected chi connectivity index (χ2v) is 6.97. The average molecular weight is 294 g/mol. The molecule has 21 heavy (non-hydrogen) atoms. The van der Waals surface area contributed by atoms with Crippen LogP contribution < -0.4 is 5.32 Å². The largest absolute Gasteiger partial charge is 0.341 e. The fourth-order valence-corrected chi connectivity index (χ4v) is 3.78. The van der Waals surface area contributed by atoms with Crippen LogP contribution in [0.2, 0.25) is 0 Å². The zero-order valence-corrected chi connectivity index (χ0v) is 13.9. The Labute approximate surface area is 130 Å². The third-order valence-electron chi connectivity index (χ3n) is 5.15. The van der Waals surface area contributed by atoms with Gasteiger partial charge >= 0.3 is 0 Å². The van der Waals surface area contributed by atoms with Gasteiger partial charge < -0.3 is 10.2 Å². The van der Waals surface area contributed by atoms with Crippen molar-refractivity contribution in [2.24, 2.45) is 5.92 Å². The Morgan fingerprint density at radius 1 is 1.05 bits per heavy atom. The van der Waals surface area contributed by atoms with E-state index in [1.165, 1.54) is 51.4 Å². The zero-order chi connectivity index (χ0) is 14.9. The Bertz CT molecular complexity index is 292.